The van der Waals surface area contributed by atoms with Crippen molar-refractivity contribution in [2.45, 2.75) is 12.8 Å². The zero-order chi connectivity index (χ0) is 14.5. The van der Waals surface area contributed by atoms with Gasteiger partial charge in [-0.2, -0.15) is 0 Å². The first-order valence-corrected chi connectivity index (χ1v) is 6.82. The predicted octanol–water partition coefficient (Wildman–Crippen LogP) is 3.35. The van der Waals surface area contributed by atoms with Gasteiger partial charge < -0.3 is 4.74 Å². The van der Waals surface area contributed by atoms with Crippen LogP contribution < -0.4 is 4.74 Å². The third kappa shape index (κ3) is 3.87. The topological polar surface area (TPSA) is 39.2 Å². The van der Waals surface area contributed by atoms with E-state index in [1.807, 2.05) is 0 Å². The fourth-order valence-corrected chi connectivity index (χ4v) is 2.20. The summed E-state index contributed by atoms with van der Waals surface area (Å²) in [5.41, 5.74) is 1.46. The molecular weight excluding hydrogens is 325 g/mol. The Morgan fingerprint density at radius 3 is 2.75 bits per heavy atom. The number of Topliss-reactive ketones (excluding diaryl/α,β-unsaturated/α-hetero) is 1. The number of nitrogens with zero attached hydrogens (tertiary/aromatic N) is 1. The van der Waals surface area contributed by atoms with Crippen molar-refractivity contribution in [2.24, 2.45) is 0 Å². The minimum Gasteiger partial charge on any atom is -0.481 e. The molecule has 0 fully saturated rings. The molecule has 0 atom stereocenters. The quantitative estimate of drug-likeness (QED) is 0.839. The van der Waals surface area contributed by atoms with Gasteiger partial charge in [0.15, 0.2) is 0 Å². The average molecular weight is 338 g/mol. The zero-order valence-electron chi connectivity index (χ0n) is 10.9. The minimum atomic E-state index is -0.345. The lowest BCUT2D eigenvalue weighted by Gasteiger charge is -2.05. The van der Waals surface area contributed by atoms with Gasteiger partial charge in [-0.05, 0) is 29.3 Å². The van der Waals surface area contributed by atoms with Gasteiger partial charge >= 0.3 is 0 Å². The Kier molecular flexibility index (Phi) is 4.84. The summed E-state index contributed by atoms with van der Waals surface area (Å²) in [6, 6.07) is 7.83. The lowest BCUT2D eigenvalue weighted by Crippen LogP contribution is -2.07. The maximum absolute atomic E-state index is 13.2. The summed E-state index contributed by atoms with van der Waals surface area (Å²) in [5.74, 6) is 0.166. The molecule has 104 valence electrons. The van der Waals surface area contributed by atoms with Crippen molar-refractivity contribution in [3.05, 3.63) is 57.9 Å². The molecular formula is C15H13BrFNO2. The van der Waals surface area contributed by atoms with Crippen LogP contribution in [0.1, 0.15) is 11.1 Å². The molecule has 1 heterocycles. The Balaban J connectivity index is 2.03. The average Bonchev–Trinajstić information content (AvgIpc) is 2.43. The highest BCUT2D eigenvalue weighted by molar-refractivity contribution is 9.10. The first-order chi connectivity index (χ1) is 9.58. The number of carbonyl (C=O) groups is 1. The van der Waals surface area contributed by atoms with Crippen LogP contribution >= 0.6 is 15.9 Å². The van der Waals surface area contributed by atoms with Gasteiger partial charge in [0.05, 0.1) is 7.11 Å². The Bertz CT molecular complexity index is 614. The lowest BCUT2D eigenvalue weighted by molar-refractivity contribution is -0.117. The molecule has 20 heavy (non-hydrogen) atoms. The fraction of sp³-hybridized carbons (Fsp3) is 0.200. The number of halogens is 2. The first-order valence-electron chi connectivity index (χ1n) is 6.03. The van der Waals surface area contributed by atoms with E-state index in [2.05, 4.69) is 20.9 Å². The molecule has 0 aliphatic heterocycles. The van der Waals surface area contributed by atoms with Crippen molar-refractivity contribution in [3.63, 3.8) is 0 Å². The van der Waals surface area contributed by atoms with Crippen LogP contribution in [-0.4, -0.2) is 17.9 Å². The van der Waals surface area contributed by atoms with E-state index in [9.17, 15) is 9.18 Å². The maximum Gasteiger partial charge on any atom is 0.212 e. The van der Waals surface area contributed by atoms with Crippen LogP contribution in [-0.2, 0) is 17.6 Å². The largest absolute Gasteiger partial charge is 0.481 e. The molecule has 0 N–H and O–H groups in total. The Morgan fingerprint density at radius 2 is 2.10 bits per heavy atom. The molecule has 0 spiro atoms. The van der Waals surface area contributed by atoms with Gasteiger partial charge in [0.25, 0.3) is 0 Å². The Hall–Kier alpha value is -1.75. The summed E-state index contributed by atoms with van der Waals surface area (Å²) in [7, 11) is 1.54. The van der Waals surface area contributed by atoms with Gasteiger partial charge in [-0.1, -0.05) is 22.0 Å². The molecule has 0 aliphatic rings. The zero-order valence-corrected chi connectivity index (χ0v) is 12.5. The van der Waals surface area contributed by atoms with Crippen molar-refractivity contribution in [3.8, 4) is 5.88 Å². The SMILES string of the molecule is COc1ccc(CC(=O)Cc2cc(F)ccc2Br)cn1. The van der Waals surface area contributed by atoms with Crippen LogP contribution in [0, 0.1) is 5.82 Å². The molecule has 0 saturated carbocycles. The number of benzene rings is 1. The number of ether oxygens (including phenoxy) is 1. The molecule has 0 unspecified atom stereocenters. The van der Waals surface area contributed by atoms with Crippen LogP contribution in [0.5, 0.6) is 5.88 Å². The van der Waals surface area contributed by atoms with Crippen molar-refractivity contribution in [2.75, 3.05) is 7.11 Å². The second-order valence-electron chi connectivity index (χ2n) is 4.34. The van der Waals surface area contributed by atoms with Gasteiger partial charge in [-0.3, -0.25) is 4.79 Å². The highest BCUT2D eigenvalue weighted by Gasteiger charge is 2.09. The first kappa shape index (κ1) is 14.7. The molecule has 2 rings (SSSR count). The molecule has 1 aromatic carbocycles. The van der Waals surface area contributed by atoms with E-state index in [0.717, 1.165) is 10.0 Å². The van der Waals surface area contributed by atoms with Crippen molar-refractivity contribution in [1.82, 2.24) is 4.98 Å². The molecule has 0 saturated heterocycles. The molecule has 0 radical (unpaired) electrons. The van der Waals surface area contributed by atoms with Crippen LogP contribution in [0.15, 0.2) is 41.0 Å². The van der Waals surface area contributed by atoms with E-state index in [1.165, 1.54) is 19.2 Å². The van der Waals surface area contributed by atoms with Crippen molar-refractivity contribution < 1.29 is 13.9 Å². The van der Waals surface area contributed by atoms with Crippen LogP contribution in [0.25, 0.3) is 0 Å². The monoisotopic (exact) mass is 337 g/mol. The van der Waals surface area contributed by atoms with Crippen LogP contribution in [0.3, 0.4) is 0 Å². The molecule has 5 heteroatoms. The molecule has 1 aromatic heterocycles. The highest BCUT2D eigenvalue weighted by Crippen LogP contribution is 2.19. The Morgan fingerprint density at radius 1 is 1.30 bits per heavy atom. The third-order valence-corrected chi connectivity index (χ3v) is 3.58. The number of hydrogen-bond donors (Lipinski definition) is 0. The van der Waals surface area contributed by atoms with Gasteiger partial charge in [0.2, 0.25) is 5.88 Å². The van der Waals surface area contributed by atoms with E-state index in [4.69, 9.17) is 4.74 Å². The number of hydrogen-bond acceptors (Lipinski definition) is 3. The third-order valence-electron chi connectivity index (χ3n) is 2.80. The summed E-state index contributed by atoms with van der Waals surface area (Å²) in [6.07, 6.45) is 2.06. The number of carbonyl (C=O) groups excluding carboxylic acids is 1. The lowest BCUT2D eigenvalue weighted by atomic mass is 10.0. The normalized spacial score (nSPS) is 10.3. The van der Waals surface area contributed by atoms with E-state index in [0.29, 0.717) is 11.4 Å². The number of rotatable bonds is 5. The van der Waals surface area contributed by atoms with Gasteiger partial charge in [-0.15, -0.1) is 0 Å². The van der Waals surface area contributed by atoms with E-state index < -0.39 is 0 Å². The molecule has 0 aliphatic carbocycles. The summed E-state index contributed by atoms with van der Waals surface area (Å²) >= 11 is 3.32. The van der Waals surface area contributed by atoms with Gasteiger partial charge in [-0.25, -0.2) is 9.37 Å². The highest BCUT2D eigenvalue weighted by atomic mass is 79.9. The number of ketones is 1. The smallest absolute Gasteiger partial charge is 0.212 e. The standard InChI is InChI=1S/C15H13BrFNO2/c1-20-15-5-2-10(9-18-15)6-13(19)8-11-7-12(17)3-4-14(11)16/h2-5,7,9H,6,8H2,1H3. The minimum absolute atomic E-state index is 0.00302. The van der Waals surface area contributed by atoms with Crippen LogP contribution in [0.4, 0.5) is 4.39 Å². The molecule has 2 aromatic rings. The number of aromatic nitrogens is 1. The number of pyridine rings is 1. The summed E-state index contributed by atoms with van der Waals surface area (Å²) in [6.45, 7) is 0. The second kappa shape index (κ2) is 6.61. The van der Waals surface area contributed by atoms with Gasteiger partial charge in [0.1, 0.15) is 11.6 Å². The van der Waals surface area contributed by atoms with Crippen LogP contribution in [0.2, 0.25) is 0 Å². The van der Waals surface area contributed by atoms with E-state index in [1.54, 1.807) is 24.4 Å². The fourth-order valence-electron chi connectivity index (χ4n) is 1.82. The van der Waals surface area contributed by atoms with E-state index in [-0.39, 0.29) is 24.4 Å². The predicted molar refractivity (Wildman–Crippen MR) is 77.3 cm³/mol. The number of methoxy groups -OCH3 is 1. The molecule has 0 bridgehead atoms. The summed E-state index contributed by atoms with van der Waals surface area (Å²) < 4.78 is 18.8. The molecule has 3 nitrogen and oxygen atoms in total. The maximum atomic E-state index is 13.2. The molecule has 0 amide bonds. The summed E-state index contributed by atoms with van der Waals surface area (Å²) in [4.78, 5) is 16.0. The van der Waals surface area contributed by atoms with Crippen molar-refractivity contribution >= 4 is 21.7 Å². The summed E-state index contributed by atoms with van der Waals surface area (Å²) in [5, 5.41) is 0. The van der Waals surface area contributed by atoms with E-state index >= 15 is 0 Å². The van der Waals surface area contributed by atoms with Crippen molar-refractivity contribution in [1.29, 1.82) is 0 Å². The second-order valence-corrected chi connectivity index (χ2v) is 5.19. The van der Waals surface area contributed by atoms with Gasteiger partial charge in [0, 0.05) is 29.6 Å². The Labute approximate surface area is 124 Å².